The number of fused-ring (bicyclic) bond motifs is 2. The third-order valence-electron chi connectivity index (χ3n) is 5.38. The quantitative estimate of drug-likeness (QED) is 0.413. The monoisotopic (exact) mass is 445 g/mol. The standard InChI is InChI=1S/C19H23N7O2S2/c1-9(21)7-19(18-23-25-26-24-18)10-5-15(12(27)8-20)29-13(10)3-4-14-11(19)6-16(30-14)17(28)22-2/h5-6,9H,3-4,7-8,20-21H2,1-2H3,(H,22,28)(H,23,24,25,26)/t9-,19?/m1/s1. The minimum atomic E-state index is -0.811. The van der Waals surface area contributed by atoms with Gasteiger partial charge in [0.1, 0.15) is 0 Å². The van der Waals surface area contributed by atoms with Crippen LogP contribution in [0.5, 0.6) is 0 Å². The summed E-state index contributed by atoms with van der Waals surface area (Å²) < 4.78 is 0. The summed E-state index contributed by atoms with van der Waals surface area (Å²) >= 11 is 2.94. The van der Waals surface area contributed by atoms with Gasteiger partial charge in [0.25, 0.3) is 5.91 Å². The number of carbonyl (C=O) groups excluding carboxylic acids is 2. The van der Waals surface area contributed by atoms with E-state index in [0.29, 0.717) is 22.0 Å². The molecule has 30 heavy (non-hydrogen) atoms. The molecule has 0 fully saturated rings. The predicted molar refractivity (Wildman–Crippen MR) is 115 cm³/mol. The van der Waals surface area contributed by atoms with Gasteiger partial charge in [-0.3, -0.25) is 9.59 Å². The molecule has 2 atom stereocenters. The Hall–Kier alpha value is -2.47. The average Bonchev–Trinajstić information content (AvgIpc) is 3.48. The van der Waals surface area contributed by atoms with E-state index in [1.807, 2.05) is 19.1 Å². The highest BCUT2D eigenvalue weighted by molar-refractivity contribution is 7.15. The highest BCUT2D eigenvalue weighted by atomic mass is 32.1. The number of aryl methyl sites for hydroxylation is 2. The van der Waals surface area contributed by atoms with Crippen molar-refractivity contribution in [2.75, 3.05) is 13.6 Å². The number of hydrogen-bond acceptors (Lipinski definition) is 9. The lowest BCUT2D eigenvalue weighted by Crippen LogP contribution is -2.37. The molecule has 0 saturated carbocycles. The van der Waals surface area contributed by atoms with E-state index in [2.05, 4.69) is 25.9 Å². The number of thiophene rings is 2. The second-order valence-electron chi connectivity index (χ2n) is 7.42. The third kappa shape index (κ3) is 3.27. The first-order valence-electron chi connectivity index (χ1n) is 9.62. The van der Waals surface area contributed by atoms with Crippen molar-refractivity contribution >= 4 is 34.4 Å². The number of nitrogens with two attached hydrogens (primary N) is 2. The zero-order chi connectivity index (χ0) is 21.5. The van der Waals surface area contributed by atoms with Gasteiger partial charge in [0.2, 0.25) is 0 Å². The van der Waals surface area contributed by atoms with Crippen LogP contribution < -0.4 is 16.8 Å². The topological polar surface area (TPSA) is 153 Å². The first kappa shape index (κ1) is 20.8. The summed E-state index contributed by atoms with van der Waals surface area (Å²) in [5.74, 6) is 0.239. The van der Waals surface area contributed by atoms with Crippen LogP contribution in [-0.2, 0) is 18.3 Å². The number of H-pyrrole nitrogens is 1. The molecule has 0 aliphatic heterocycles. The fraction of sp³-hybridized carbons (Fsp3) is 0.421. The number of nitrogens with zero attached hydrogens (tertiary/aromatic N) is 3. The predicted octanol–water partition coefficient (Wildman–Crippen LogP) is 0.994. The van der Waals surface area contributed by atoms with E-state index in [0.717, 1.165) is 33.7 Å². The van der Waals surface area contributed by atoms with Gasteiger partial charge in [0.15, 0.2) is 11.6 Å². The summed E-state index contributed by atoms with van der Waals surface area (Å²) in [7, 11) is 1.61. The molecule has 4 rings (SSSR count). The summed E-state index contributed by atoms with van der Waals surface area (Å²) in [6, 6.07) is 3.62. The molecule has 1 aliphatic carbocycles. The number of carbonyl (C=O) groups is 2. The molecule has 6 N–H and O–H groups in total. The Kier molecular flexibility index (Phi) is 5.53. The number of nitrogens with one attached hydrogen (secondary N) is 2. The highest BCUT2D eigenvalue weighted by Crippen LogP contribution is 2.50. The Morgan fingerprint density at radius 2 is 1.87 bits per heavy atom. The van der Waals surface area contributed by atoms with E-state index in [1.165, 1.54) is 22.7 Å². The van der Waals surface area contributed by atoms with Crippen molar-refractivity contribution in [3.05, 3.63) is 48.6 Å². The van der Waals surface area contributed by atoms with E-state index in [9.17, 15) is 9.59 Å². The van der Waals surface area contributed by atoms with Gasteiger partial charge in [-0.1, -0.05) is 5.21 Å². The minimum absolute atomic E-state index is 0.0492. The summed E-state index contributed by atoms with van der Waals surface area (Å²) in [4.78, 5) is 28.2. The second kappa shape index (κ2) is 7.99. The van der Waals surface area contributed by atoms with Gasteiger partial charge < -0.3 is 16.8 Å². The van der Waals surface area contributed by atoms with Gasteiger partial charge in [0, 0.05) is 22.8 Å². The van der Waals surface area contributed by atoms with Crippen molar-refractivity contribution < 1.29 is 9.59 Å². The number of amides is 1. The molecule has 0 aromatic carbocycles. The molecule has 0 radical (unpaired) electrons. The van der Waals surface area contributed by atoms with Gasteiger partial charge in [-0.05, 0) is 49.4 Å². The Balaban J connectivity index is 2.03. The molecule has 158 valence electrons. The number of Topliss-reactive ketones (excluding diaryl/α,β-unsaturated/α-hetero) is 1. The van der Waals surface area contributed by atoms with Crippen molar-refractivity contribution in [2.24, 2.45) is 11.5 Å². The number of hydrogen-bond donors (Lipinski definition) is 4. The Bertz CT molecular complexity index is 1020. The first-order valence-corrected chi connectivity index (χ1v) is 11.2. The number of ketones is 1. The van der Waals surface area contributed by atoms with Crippen LogP contribution in [0.15, 0.2) is 12.1 Å². The highest BCUT2D eigenvalue weighted by Gasteiger charge is 2.47. The zero-order valence-electron chi connectivity index (χ0n) is 16.7. The van der Waals surface area contributed by atoms with Gasteiger partial charge in [-0.25, -0.2) is 0 Å². The lowest BCUT2D eigenvalue weighted by molar-refractivity contribution is 0.0965. The Morgan fingerprint density at radius 3 is 2.40 bits per heavy atom. The van der Waals surface area contributed by atoms with Gasteiger partial charge in [-0.2, -0.15) is 5.21 Å². The summed E-state index contributed by atoms with van der Waals surface area (Å²) in [5.41, 5.74) is 13.0. The molecule has 0 spiro atoms. The number of aromatic nitrogens is 4. The maximum absolute atomic E-state index is 12.4. The molecule has 3 aromatic rings. The smallest absolute Gasteiger partial charge is 0.261 e. The van der Waals surface area contributed by atoms with Crippen LogP contribution >= 0.6 is 22.7 Å². The number of tetrazole rings is 1. The van der Waals surface area contributed by atoms with E-state index in [-0.39, 0.29) is 24.3 Å². The molecule has 1 aliphatic rings. The van der Waals surface area contributed by atoms with Crippen molar-refractivity contribution in [3.8, 4) is 0 Å². The fourth-order valence-corrected chi connectivity index (χ4v) is 6.55. The summed E-state index contributed by atoms with van der Waals surface area (Å²) in [5, 5.41) is 17.8. The third-order valence-corrected chi connectivity index (χ3v) is 7.81. The maximum atomic E-state index is 12.4. The second-order valence-corrected chi connectivity index (χ2v) is 9.70. The van der Waals surface area contributed by atoms with E-state index < -0.39 is 5.41 Å². The van der Waals surface area contributed by atoms with Gasteiger partial charge in [-0.15, -0.1) is 32.9 Å². The van der Waals surface area contributed by atoms with Gasteiger partial charge in [0.05, 0.1) is 21.7 Å². The molecule has 1 unspecified atom stereocenters. The van der Waals surface area contributed by atoms with Crippen molar-refractivity contribution in [1.29, 1.82) is 0 Å². The van der Waals surface area contributed by atoms with Crippen LogP contribution in [-0.4, -0.2) is 51.9 Å². The molecule has 0 saturated heterocycles. The van der Waals surface area contributed by atoms with Crippen LogP contribution in [0.25, 0.3) is 0 Å². The Labute approximate surface area is 181 Å². The van der Waals surface area contributed by atoms with Crippen molar-refractivity contribution in [3.63, 3.8) is 0 Å². The lowest BCUT2D eigenvalue weighted by atomic mass is 9.70. The van der Waals surface area contributed by atoms with Crippen LogP contribution in [0.4, 0.5) is 0 Å². The summed E-state index contributed by atoms with van der Waals surface area (Å²) in [6.07, 6.45) is 2.00. The molecule has 9 nitrogen and oxygen atoms in total. The SMILES string of the molecule is CNC(=O)c1cc2c(s1)CCc1sc(C(=O)CN)cc1C2(C[C@@H](C)N)c1nn[nH]n1. The molecule has 3 aromatic heterocycles. The number of aromatic amines is 1. The Morgan fingerprint density at radius 1 is 1.23 bits per heavy atom. The van der Waals surface area contributed by atoms with E-state index in [1.54, 1.807) is 7.05 Å². The molecule has 1 amide bonds. The average molecular weight is 446 g/mol. The normalized spacial score (nSPS) is 18.9. The fourth-order valence-electron chi connectivity index (χ4n) is 4.17. The van der Waals surface area contributed by atoms with Gasteiger partial charge >= 0.3 is 0 Å². The molecule has 11 heteroatoms. The van der Waals surface area contributed by atoms with Crippen molar-refractivity contribution in [2.45, 2.75) is 37.6 Å². The van der Waals surface area contributed by atoms with Crippen LogP contribution in [0.2, 0.25) is 0 Å². The van der Waals surface area contributed by atoms with Crippen LogP contribution in [0, 0.1) is 0 Å². The lowest BCUT2D eigenvalue weighted by Gasteiger charge is -2.32. The molecule has 0 bridgehead atoms. The van der Waals surface area contributed by atoms with Crippen LogP contribution in [0.1, 0.15) is 59.4 Å². The molecular formula is C19H23N7O2S2. The summed E-state index contributed by atoms with van der Waals surface area (Å²) in [6.45, 7) is 1.88. The molecule has 3 heterocycles. The largest absolute Gasteiger partial charge is 0.354 e. The van der Waals surface area contributed by atoms with E-state index >= 15 is 0 Å². The van der Waals surface area contributed by atoms with Crippen molar-refractivity contribution in [1.82, 2.24) is 25.9 Å². The van der Waals surface area contributed by atoms with Crippen LogP contribution in [0.3, 0.4) is 0 Å². The maximum Gasteiger partial charge on any atom is 0.261 e. The number of rotatable bonds is 6. The van der Waals surface area contributed by atoms with E-state index in [4.69, 9.17) is 11.5 Å². The molecular weight excluding hydrogens is 422 g/mol. The minimum Gasteiger partial charge on any atom is -0.354 e. The zero-order valence-corrected chi connectivity index (χ0v) is 18.3. The first-order chi connectivity index (χ1) is 14.4.